The lowest BCUT2D eigenvalue weighted by molar-refractivity contribution is -0.153. The van der Waals surface area contributed by atoms with Crippen LogP contribution < -0.4 is 14.8 Å². The SMILES string of the molecule is COc1cc(CCC(=O)Nc2cnn(CC(F)F)c2)ccc1OCC(F)(F)F. The number of carbonyl (C=O) groups excluding carboxylic acids is 1. The van der Waals surface area contributed by atoms with Gasteiger partial charge in [-0.15, -0.1) is 0 Å². The van der Waals surface area contributed by atoms with Crippen molar-refractivity contribution in [1.82, 2.24) is 9.78 Å². The highest BCUT2D eigenvalue weighted by Gasteiger charge is 2.29. The van der Waals surface area contributed by atoms with Gasteiger partial charge in [-0.3, -0.25) is 9.48 Å². The fourth-order valence-corrected chi connectivity index (χ4v) is 2.30. The van der Waals surface area contributed by atoms with Gasteiger partial charge in [-0.05, 0) is 24.1 Å². The summed E-state index contributed by atoms with van der Waals surface area (Å²) >= 11 is 0. The second-order valence-corrected chi connectivity index (χ2v) is 5.78. The lowest BCUT2D eigenvalue weighted by atomic mass is 10.1. The summed E-state index contributed by atoms with van der Waals surface area (Å²) in [5.41, 5.74) is 0.943. The molecule has 0 saturated carbocycles. The van der Waals surface area contributed by atoms with Gasteiger partial charge in [0.25, 0.3) is 6.43 Å². The molecule has 0 unspecified atom stereocenters. The first kappa shape index (κ1) is 21.5. The topological polar surface area (TPSA) is 65.4 Å². The quantitative estimate of drug-likeness (QED) is 0.645. The predicted octanol–water partition coefficient (Wildman–Crippen LogP) is 3.67. The van der Waals surface area contributed by atoms with Crippen LogP contribution in [0.5, 0.6) is 11.5 Å². The number of amides is 1. The molecule has 0 atom stereocenters. The largest absolute Gasteiger partial charge is 0.493 e. The molecule has 0 saturated heterocycles. The lowest BCUT2D eigenvalue weighted by Crippen LogP contribution is -2.19. The van der Waals surface area contributed by atoms with Crippen LogP contribution in [0.4, 0.5) is 27.6 Å². The summed E-state index contributed by atoms with van der Waals surface area (Å²) in [7, 11) is 1.29. The van der Waals surface area contributed by atoms with Crippen molar-refractivity contribution < 1.29 is 36.2 Å². The van der Waals surface area contributed by atoms with Crippen LogP contribution in [0.1, 0.15) is 12.0 Å². The van der Waals surface area contributed by atoms with Gasteiger partial charge in [0, 0.05) is 12.6 Å². The molecular weight excluding hydrogens is 389 g/mol. The highest BCUT2D eigenvalue weighted by atomic mass is 19.4. The van der Waals surface area contributed by atoms with Gasteiger partial charge in [-0.25, -0.2) is 8.78 Å². The number of aryl methyl sites for hydroxylation is 1. The number of alkyl halides is 5. The molecule has 28 heavy (non-hydrogen) atoms. The molecule has 2 aromatic rings. The number of nitrogens with one attached hydrogen (secondary N) is 1. The predicted molar refractivity (Wildman–Crippen MR) is 89.7 cm³/mol. The molecule has 0 aliphatic heterocycles. The minimum absolute atomic E-state index is 0.0560. The van der Waals surface area contributed by atoms with E-state index >= 15 is 0 Å². The summed E-state index contributed by atoms with van der Waals surface area (Å²) in [6.45, 7) is -2.01. The van der Waals surface area contributed by atoms with Crippen molar-refractivity contribution in [2.45, 2.75) is 32.0 Å². The van der Waals surface area contributed by atoms with Crippen molar-refractivity contribution in [3.05, 3.63) is 36.2 Å². The van der Waals surface area contributed by atoms with E-state index < -0.39 is 25.8 Å². The maximum absolute atomic E-state index is 12.3. The van der Waals surface area contributed by atoms with E-state index in [1.54, 1.807) is 0 Å². The molecule has 1 heterocycles. The fourth-order valence-electron chi connectivity index (χ4n) is 2.30. The molecule has 0 bridgehead atoms. The zero-order valence-corrected chi connectivity index (χ0v) is 14.8. The van der Waals surface area contributed by atoms with Crippen molar-refractivity contribution in [3.8, 4) is 11.5 Å². The summed E-state index contributed by atoms with van der Waals surface area (Å²) < 4.78 is 72.0. The van der Waals surface area contributed by atoms with Gasteiger partial charge in [0.15, 0.2) is 18.1 Å². The van der Waals surface area contributed by atoms with Crippen LogP contribution in [0.3, 0.4) is 0 Å². The number of hydrogen-bond donors (Lipinski definition) is 1. The Kier molecular flexibility index (Phi) is 7.18. The lowest BCUT2D eigenvalue weighted by Gasteiger charge is -2.13. The van der Waals surface area contributed by atoms with Crippen LogP contribution in [-0.4, -0.2) is 42.0 Å². The third-order valence-corrected chi connectivity index (χ3v) is 3.50. The molecule has 154 valence electrons. The number of methoxy groups -OCH3 is 1. The molecule has 1 N–H and O–H groups in total. The Labute approximate surface area is 157 Å². The van der Waals surface area contributed by atoms with E-state index in [-0.39, 0.29) is 30.2 Å². The van der Waals surface area contributed by atoms with Gasteiger partial charge in [-0.1, -0.05) is 6.07 Å². The third-order valence-electron chi connectivity index (χ3n) is 3.50. The van der Waals surface area contributed by atoms with E-state index in [4.69, 9.17) is 4.74 Å². The summed E-state index contributed by atoms with van der Waals surface area (Å²) in [6, 6.07) is 4.36. The summed E-state index contributed by atoms with van der Waals surface area (Å²) in [5.74, 6) is -0.303. The van der Waals surface area contributed by atoms with Crippen LogP contribution >= 0.6 is 0 Å². The standard InChI is InChI=1S/C17H18F5N3O3/c1-27-14-6-11(2-4-13(14)28-10-17(20,21)22)3-5-16(26)24-12-7-23-25(8-12)9-15(18)19/h2,4,6-8,15H,3,5,9-10H2,1H3,(H,24,26). The average Bonchev–Trinajstić information content (AvgIpc) is 3.03. The third kappa shape index (κ3) is 7.05. The van der Waals surface area contributed by atoms with Crippen molar-refractivity contribution >= 4 is 11.6 Å². The Balaban J connectivity index is 1.89. The molecule has 0 aliphatic rings. The van der Waals surface area contributed by atoms with Crippen LogP contribution in [0.2, 0.25) is 0 Å². The Hall–Kier alpha value is -2.85. The van der Waals surface area contributed by atoms with Crippen LogP contribution in [-0.2, 0) is 17.8 Å². The maximum atomic E-state index is 12.3. The smallest absolute Gasteiger partial charge is 0.422 e. The van der Waals surface area contributed by atoms with E-state index in [1.165, 1.54) is 37.7 Å². The average molecular weight is 407 g/mol. The molecule has 2 rings (SSSR count). The first-order valence-electron chi connectivity index (χ1n) is 8.13. The number of nitrogens with zero attached hydrogens (tertiary/aromatic N) is 2. The Bertz CT molecular complexity index is 793. The van der Waals surface area contributed by atoms with Gasteiger partial charge in [0.1, 0.15) is 6.54 Å². The van der Waals surface area contributed by atoms with Crippen LogP contribution in [0.25, 0.3) is 0 Å². The molecule has 11 heteroatoms. The molecule has 1 aromatic heterocycles. The number of halogens is 5. The minimum atomic E-state index is -4.47. The first-order valence-corrected chi connectivity index (χ1v) is 8.13. The van der Waals surface area contributed by atoms with E-state index in [0.29, 0.717) is 11.3 Å². The minimum Gasteiger partial charge on any atom is -0.493 e. The van der Waals surface area contributed by atoms with Crippen LogP contribution in [0, 0.1) is 0 Å². The van der Waals surface area contributed by atoms with Crippen molar-refractivity contribution in [1.29, 1.82) is 0 Å². The zero-order chi connectivity index (χ0) is 20.7. The molecule has 0 spiro atoms. The second kappa shape index (κ2) is 9.38. The number of aromatic nitrogens is 2. The van der Waals surface area contributed by atoms with Crippen molar-refractivity contribution in [2.75, 3.05) is 19.0 Å². The van der Waals surface area contributed by atoms with E-state index in [1.807, 2.05) is 0 Å². The van der Waals surface area contributed by atoms with E-state index in [9.17, 15) is 26.7 Å². The van der Waals surface area contributed by atoms with Crippen LogP contribution in [0.15, 0.2) is 30.6 Å². The monoisotopic (exact) mass is 407 g/mol. The molecular formula is C17H18F5N3O3. The normalized spacial score (nSPS) is 11.5. The molecule has 1 aromatic carbocycles. The van der Waals surface area contributed by atoms with E-state index in [2.05, 4.69) is 15.2 Å². The molecule has 6 nitrogen and oxygen atoms in total. The number of anilines is 1. The molecule has 1 amide bonds. The number of hydrogen-bond acceptors (Lipinski definition) is 4. The highest BCUT2D eigenvalue weighted by molar-refractivity contribution is 5.90. The van der Waals surface area contributed by atoms with Gasteiger partial charge in [0.05, 0.1) is 19.0 Å². The van der Waals surface area contributed by atoms with Crippen molar-refractivity contribution in [3.63, 3.8) is 0 Å². The number of benzene rings is 1. The second-order valence-electron chi connectivity index (χ2n) is 5.78. The maximum Gasteiger partial charge on any atom is 0.422 e. The molecule has 0 fully saturated rings. The summed E-state index contributed by atoms with van der Waals surface area (Å²) in [6.07, 6.45) is -4.12. The zero-order valence-electron chi connectivity index (χ0n) is 14.8. The summed E-state index contributed by atoms with van der Waals surface area (Å²) in [5, 5.41) is 6.24. The Morgan fingerprint density at radius 1 is 1.29 bits per heavy atom. The Morgan fingerprint density at radius 2 is 2.04 bits per heavy atom. The Morgan fingerprint density at radius 3 is 2.68 bits per heavy atom. The van der Waals surface area contributed by atoms with Gasteiger partial charge in [0.2, 0.25) is 5.91 Å². The number of carbonyl (C=O) groups is 1. The fraction of sp³-hybridized carbons (Fsp3) is 0.412. The van der Waals surface area contributed by atoms with Gasteiger partial charge in [-0.2, -0.15) is 18.3 Å². The van der Waals surface area contributed by atoms with Crippen molar-refractivity contribution in [2.24, 2.45) is 0 Å². The van der Waals surface area contributed by atoms with E-state index in [0.717, 1.165) is 4.68 Å². The van der Waals surface area contributed by atoms with Gasteiger partial charge < -0.3 is 14.8 Å². The molecule has 0 radical (unpaired) electrons. The number of rotatable bonds is 9. The summed E-state index contributed by atoms with van der Waals surface area (Å²) in [4.78, 5) is 12.0. The number of ether oxygens (including phenoxy) is 2. The van der Waals surface area contributed by atoms with Gasteiger partial charge >= 0.3 is 6.18 Å². The highest BCUT2D eigenvalue weighted by Crippen LogP contribution is 2.30. The first-order chi connectivity index (χ1) is 13.2. The molecule has 0 aliphatic carbocycles.